The number of hydrogen-bond donors (Lipinski definition) is 1. The Morgan fingerprint density at radius 3 is 2.62 bits per heavy atom. The molecule has 0 fully saturated rings. The molecule has 1 heterocycles. The highest BCUT2D eigenvalue weighted by Crippen LogP contribution is 2.24. The van der Waals surface area contributed by atoms with E-state index in [1.807, 2.05) is 24.3 Å². The first-order valence-electron chi connectivity index (χ1n) is 8.53. The van der Waals surface area contributed by atoms with Crippen molar-refractivity contribution in [3.63, 3.8) is 0 Å². The van der Waals surface area contributed by atoms with E-state index in [0.29, 0.717) is 6.61 Å². The summed E-state index contributed by atoms with van der Waals surface area (Å²) >= 11 is 0. The molecule has 0 amide bonds. The molecule has 0 aliphatic carbocycles. The number of benzene rings is 2. The molecule has 124 valence electrons. The van der Waals surface area contributed by atoms with Gasteiger partial charge in [0.1, 0.15) is 12.4 Å². The molecule has 3 heteroatoms. The van der Waals surface area contributed by atoms with Crippen molar-refractivity contribution in [1.82, 2.24) is 4.98 Å². The second-order valence-corrected chi connectivity index (χ2v) is 6.13. The molecule has 2 N–H and O–H groups in total. The summed E-state index contributed by atoms with van der Waals surface area (Å²) in [5.41, 5.74) is 10.2. The second kappa shape index (κ2) is 7.93. The van der Waals surface area contributed by atoms with Gasteiger partial charge in [-0.25, -0.2) is 0 Å². The highest BCUT2D eigenvalue weighted by atomic mass is 16.5. The third kappa shape index (κ3) is 4.12. The predicted octanol–water partition coefficient (Wildman–Crippen LogP) is 4.40. The lowest BCUT2D eigenvalue weighted by Gasteiger charge is -2.10. The summed E-state index contributed by atoms with van der Waals surface area (Å²) in [6.45, 7) is 3.46. The maximum Gasteiger partial charge on any atom is 0.120 e. The highest BCUT2D eigenvalue weighted by Gasteiger charge is 2.05. The van der Waals surface area contributed by atoms with Gasteiger partial charge in [0.25, 0.3) is 0 Å². The first-order valence-corrected chi connectivity index (χ1v) is 8.53. The number of rotatable bonds is 7. The molecular formula is C21H24N2O. The Bertz CT molecular complexity index is 800. The van der Waals surface area contributed by atoms with Crippen molar-refractivity contribution in [2.45, 2.75) is 32.8 Å². The van der Waals surface area contributed by atoms with Gasteiger partial charge in [-0.2, -0.15) is 0 Å². The Morgan fingerprint density at radius 1 is 1.00 bits per heavy atom. The zero-order chi connectivity index (χ0) is 16.8. The van der Waals surface area contributed by atoms with Crippen LogP contribution >= 0.6 is 0 Å². The van der Waals surface area contributed by atoms with E-state index >= 15 is 0 Å². The average molecular weight is 320 g/mol. The molecule has 0 aliphatic heterocycles. The van der Waals surface area contributed by atoms with Crippen molar-refractivity contribution in [3.05, 3.63) is 71.4 Å². The summed E-state index contributed by atoms with van der Waals surface area (Å²) in [6, 6.07) is 18.5. The Balaban J connectivity index is 1.75. The van der Waals surface area contributed by atoms with E-state index in [1.165, 1.54) is 11.1 Å². The number of unbranched alkanes of at least 4 members (excludes halogenated alkanes) is 1. The van der Waals surface area contributed by atoms with Crippen LogP contribution in [-0.4, -0.2) is 11.5 Å². The second-order valence-electron chi connectivity index (χ2n) is 6.13. The van der Waals surface area contributed by atoms with Gasteiger partial charge < -0.3 is 10.5 Å². The number of fused-ring (bicyclic) bond motifs is 1. The number of ether oxygens (including phenoxy) is 1. The van der Waals surface area contributed by atoms with Gasteiger partial charge in [0.15, 0.2) is 0 Å². The molecule has 0 unspecified atom stereocenters. The molecule has 0 radical (unpaired) electrons. The van der Waals surface area contributed by atoms with Gasteiger partial charge in [-0.1, -0.05) is 30.3 Å². The topological polar surface area (TPSA) is 48.1 Å². The largest absolute Gasteiger partial charge is 0.489 e. The number of aryl methyl sites for hydroxylation is 2. The molecule has 0 bridgehead atoms. The summed E-state index contributed by atoms with van der Waals surface area (Å²) in [5.74, 6) is 0.882. The van der Waals surface area contributed by atoms with E-state index in [-0.39, 0.29) is 0 Å². The van der Waals surface area contributed by atoms with E-state index in [9.17, 15) is 0 Å². The van der Waals surface area contributed by atoms with Crippen LogP contribution in [0.5, 0.6) is 5.75 Å². The fraction of sp³-hybridized carbons (Fsp3) is 0.286. The lowest BCUT2D eigenvalue weighted by Crippen LogP contribution is -2.00. The van der Waals surface area contributed by atoms with Crippen LogP contribution in [0.1, 0.15) is 29.7 Å². The molecule has 2 aromatic carbocycles. The third-order valence-electron chi connectivity index (χ3n) is 4.18. The van der Waals surface area contributed by atoms with Crippen molar-refractivity contribution < 1.29 is 4.74 Å². The summed E-state index contributed by atoms with van der Waals surface area (Å²) < 4.78 is 5.92. The number of pyridine rings is 1. The summed E-state index contributed by atoms with van der Waals surface area (Å²) in [5, 5.41) is 1.16. The maximum absolute atomic E-state index is 5.92. The number of nitrogens with zero attached hydrogens (tertiary/aromatic N) is 1. The minimum Gasteiger partial charge on any atom is -0.489 e. The fourth-order valence-electron chi connectivity index (χ4n) is 2.85. The number of hydrogen-bond acceptors (Lipinski definition) is 3. The minimum absolute atomic E-state index is 0.579. The van der Waals surface area contributed by atoms with Crippen LogP contribution in [0.3, 0.4) is 0 Å². The monoisotopic (exact) mass is 320 g/mol. The van der Waals surface area contributed by atoms with Gasteiger partial charge in [-0.05, 0) is 68.1 Å². The van der Waals surface area contributed by atoms with Gasteiger partial charge in [-0.15, -0.1) is 0 Å². The van der Waals surface area contributed by atoms with E-state index in [4.69, 9.17) is 15.5 Å². The first kappa shape index (κ1) is 16.5. The molecule has 3 rings (SSSR count). The van der Waals surface area contributed by atoms with Crippen LogP contribution in [0, 0.1) is 6.92 Å². The van der Waals surface area contributed by atoms with Crippen molar-refractivity contribution in [3.8, 4) is 5.75 Å². The van der Waals surface area contributed by atoms with Gasteiger partial charge >= 0.3 is 0 Å². The Kier molecular flexibility index (Phi) is 5.44. The van der Waals surface area contributed by atoms with Crippen LogP contribution in [0.15, 0.2) is 54.6 Å². The van der Waals surface area contributed by atoms with Crippen LogP contribution in [-0.2, 0) is 13.0 Å². The summed E-state index contributed by atoms with van der Waals surface area (Å²) in [4.78, 5) is 4.77. The van der Waals surface area contributed by atoms with E-state index in [1.54, 1.807) is 0 Å². The van der Waals surface area contributed by atoms with Crippen molar-refractivity contribution >= 4 is 10.9 Å². The van der Waals surface area contributed by atoms with Crippen molar-refractivity contribution in [2.24, 2.45) is 5.73 Å². The molecule has 3 nitrogen and oxygen atoms in total. The first-order chi connectivity index (χ1) is 11.8. The van der Waals surface area contributed by atoms with Crippen molar-refractivity contribution in [2.75, 3.05) is 6.54 Å². The van der Waals surface area contributed by atoms with Gasteiger partial charge in [0, 0.05) is 11.1 Å². The summed E-state index contributed by atoms with van der Waals surface area (Å²) in [6.07, 6.45) is 3.12. The normalized spacial score (nSPS) is 10.9. The number of aromatic nitrogens is 1. The molecule has 0 saturated heterocycles. The van der Waals surface area contributed by atoms with E-state index < -0.39 is 0 Å². The predicted molar refractivity (Wildman–Crippen MR) is 99.2 cm³/mol. The standard InChI is InChI=1S/C21H24N2O/c1-16-13-18(9-5-6-12-22)23-21-11-10-19(14-20(16)21)24-15-17-7-3-2-4-8-17/h2-4,7-8,10-11,13-14H,5-6,9,12,15,22H2,1H3. The van der Waals surface area contributed by atoms with Crippen LogP contribution < -0.4 is 10.5 Å². The van der Waals surface area contributed by atoms with E-state index in [2.05, 4.69) is 37.3 Å². The van der Waals surface area contributed by atoms with Gasteiger partial charge in [0.2, 0.25) is 0 Å². The maximum atomic E-state index is 5.92. The van der Waals surface area contributed by atoms with Gasteiger partial charge in [-0.3, -0.25) is 4.98 Å². The quantitative estimate of drug-likeness (QED) is 0.656. The Labute approximate surface area is 143 Å². The molecule has 0 spiro atoms. The molecule has 3 aromatic rings. The zero-order valence-corrected chi connectivity index (χ0v) is 14.2. The molecule has 0 saturated carbocycles. The molecular weight excluding hydrogens is 296 g/mol. The number of nitrogens with two attached hydrogens (primary N) is 1. The zero-order valence-electron chi connectivity index (χ0n) is 14.2. The Hall–Kier alpha value is -2.39. The van der Waals surface area contributed by atoms with Crippen molar-refractivity contribution in [1.29, 1.82) is 0 Å². The highest BCUT2D eigenvalue weighted by molar-refractivity contribution is 5.83. The van der Waals surface area contributed by atoms with Crippen LogP contribution in [0.2, 0.25) is 0 Å². The molecule has 1 aromatic heterocycles. The smallest absolute Gasteiger partial charge is 0.120 e. The lowest BCUT2D eigenvalue weighted by atomic mass is 10.1. The van der Waals surface area contributed by atoms with Crippen LogP contribution in [0.25, 0.3) is 10.9 Å². The fourth-order valence-corrected chi connectivity index (χ4v) is 2.85. The van der Waals surface area contributed by atoms with Crippen LogP contribution in [0.4, 0.5) is 0 Å². The molecule has 24 heavy (non-hydrogen) atoms. The SMILES string of the molecule is Cc1cc(CCCCN)nc2ccc(OCc3ccccc3)cc12. The molecule has 0 aliphatic rings. The minimum atomic E-state index is 0.579. The average Bonchev–Trinajstić information content (AvgIpc) is 2.61. The lowest BCUT2D eigenvalue weighted by molar-refractivity contribution is 0.306. The Morgan fingerprint density at radius 2 is 1.83 bits per heavy atom. The summed E-state index contributed by atoms with van der Waals surface area (Å²) in [7, 11) is 0. The third-order valence-corrected chi connectivity index (χ3v) is 4.18. The van der Waals surface area contributed by atoms with Gasteiger partial charge in [0.05, 0.1) is 5.52 Å². The van der Waals surface area contributed by atoms with E-state index in [0.717, 1.165) is 48.2 Å². The molecule has 0 atom stereocenters.